The maximum atomic E-state index is 4.79. The summed E-state index contributed by atoms with van der Waals surface area (Å²) in [4.78, 5) is 38.9. The lowest BCUT2D eigenvalue weighted by molar-refractivity contribution is 0.839. The molecule has 0 atom stereocenters. The van der Waals surface area contributed by atoms with E-state index in [2.05, 4.69) is 234 Å². The summed E-state index contributed by atoms with van der Waals surface area (Å²) in [6.07, 6.45) is 18.4. The summed E-state index contributed by atoms with van der Waals surface area (Å²) in [6.45, 7) is 17.7. The molecule has 0 saturated heterocycles. The lowest BCUT2D eigenvalue weighted by Crippen LogP contribution is -1.93. The highest BCUT2D eigenvalue weighted by molar-refractivity contribution is 5.75. The Hall–Kier alpha value is -14.6. The summed E-state index contributed by atoms with van der Waals surface area (Å²) in [7, 11) is 0. The van der Waals surface area contributed by atoms with E-state index in [1.54, 1.807) is 62.6 Å². The third-order valence-corrected chi connectivity index (χ3v) is 15.6. The average Bonchev–Trinajstić information content (AvgIpc) is 0.808. The standard InChI is InChI=1S/C22H17N3.C18H15N.3C12H11N.4C4H5N3/c1-16-8-10-17(11-9-16)18-14-21(19-6-2-4-12-23-19)25-22(15-18)20-7-3-5-13-24-20;1-14-12-17(15-8-4-2-5-9-15)19-18(13-14)16-10-6-3-7-11-16;1-10-5-7-11(8-6-10)12-4-2-3-9-13-12;1-10-6-5-9-12(13-10)11-7-3-2-4-8-11;1-10-9-12(7-8-13-10)11-5-3-2-4-6-11;1-4-2-5-3-6-7-4;1-4-2-5-7-6-3-4;1-4-5-2-3-6-7-4;1-4-2-3-5-7-6-4/h2-15H,1H3;2-13H,1H3;3*2-9H,1H3;4*2-3H,1H3. The van der Waals surface area contributed by atoms with Crippen molar-refractivity contribution in [2.45, 2.75) is 62.3 Å². The quantitative estimate of drug-likeness (QED) is 0.137. The maximum absolute atomic E-state index is 4.79. The minimum absolute atomic E-state index is 0.711. The van der Waals surface area contributed by atoms with E-state index < -0.39 is 0 Å². The molecule has 17 rings (SSSR count). The number of benzene rings is 6. The van der Waals surface area contributed by atoms with Crippen LogP contribution in [0.1, 0.15) is 50.9 Å². The van der Waals surface area contributed by atoms with E-state index >= 15 is 0 Å². The molecular formula is C92H85N19. The minimum Gasteiger partial charge on any atom is -0.262 e. The van der Waals surface area contributed by atoms with Crippen LogP contribution in [0.5, 0.6) is 0 Å². The molecule has 0 aliphatic carbocycles. The molecule has 0 unspecified atom stereocenters. The van der Waals surface area contributed by atoms with Gasteiger partial charge in [-0.05, 0) is 197 Å². The van der Waals surface area contributed by atoms with Crippen LogP contribution in [-0.2, 0) is 0 Å². The topological polar surface area (TPSA) is 245 Å². The fraction of sp³-hybridized carbons (Fsp3) is 0.0978. The van der Waals surface area contributed by atoms with Gasteiger partial charge >= 0.3 is 0 Å². The van der Waals surface area contributed by atoms with Crippen LogP contribution in [0, 0.1) is 62.3 Å². The van der Waals surface area contributed by atoms with Crippen molar-refractivity contribution in [3.8, 4) is 90.1 Å². The van der Waals surface area contributed by atoms with E-state index in [9.17, 15) is 0 Å². The molecule has 0 N–H and O–H groups in total. The van der Waals surface area contributed by atoms with Crippen LogP contribution < -0.4 is 0 Å². The van der Waals surface area contributed by atoms with Gasteiger partial charge in [0.15, 0.2) is 0 Å². The van der Waals surface area contributed by atoms with Gasteiger partial charge < -0.3 is 0 Å². The molecule has 17 aromatic rings. The molecule has 111 heavy (non-hydrogen) atoms. The predicted octanol–water partition coefficient (Wildman–Crippen LogP) is 19.8. The zero-order valence-corrected chi connectivity index (χ0v) is 63.5. The Bertz CT molecular complexity index is 5050. The molecule has 0 aliphatic rings. The first-order chi connectivity index (χ1) is 54.3. The van der Waals surface area contributed by atoms with E-state index in [0.717, 1.165) is 96.1 Å². The normalized spacial score (nSPS) is 9.85. The van der Waals surface area contributed by atoms with Crippen LogP contribution in [0.15, 0.2) is 353 Å². The van der Waals surface area contributed by atoms with Gasteiger partial charge in [0.1, 0.15) is 12.2 Å². The summed E-state index contributed by atoms with van der Waals surface area (Å²) in [5, 5.41) is 35.3. The number of pyridine rings is 7. The van der Waals surface area contributed by atoms with Crippen molar-refractivity contribution >= 4 is 0 Å². The largest absolute Gasteiger partial charge is 0.262 e. The maximum Gasteiger partial charge on any atom is 0.147 e. The van der Waals surface area contributed by atoms with Crippen molar-refractivity contribution in [1.29, 1.82) is 0 Å². The van der Waals surface area contributed by atoms with Gasteiger partial charge in [0, 0.05) is 64.6 Å². The predicted molar refractivity (Wildman–Crippen MR) is 442 cm³/mol. The van der Waals surface area contributed by atoms with Crippen molar-refractivity contribution in [1.82, 2.24) is 96.1 Å². The molecule has 19 heteroatoms. The molecule has 6 aromatic carbocycles. The molecule has 0 bridgehead atoms. The van der Waals surface area contributed by atoms with E-state index in [-0.39, 0.29) is 0 Å². The van der Waals surface area contributed by atoms with Gasteiger partial charge in [-0.2, -0.15) is 10.2 Å². The Morgan fingerprint density at radius 1 is 0.198 bits per heavy atom. The van der Waals surface area contributed by atoms with Crippen LogP contribution >= 0.6 is 0 Å². The monoisotopic (exact) mass is 1460 g/mol. The molecule has 0 saturated carbocycles. The highest BCUT2D eigenvalue weighted by atomic mass is 15.3. The molecule has 0 aliphatic heterocycles. The molecule has 548 valence electrons. The Labute approximate surface area is 649 Å². The van der Waals surface area contributed by atoms with Gasteiger partial charge in [-0.15, -0.1) is 30.6 Å². The Balaban J connectivity index is 0.000000149. The summed E-state index contributed by atoms with van der Waals surface area (Å²) in [5.41, 5.74) is 25.6. The van der Waals surface area contributed by atoms with E-state index in [1.165, 1.54) is 45.3 Å². The Morgan fingerprint density at radius 2 is 0.685 bits per heavy atom. The average molecular weight is 1460 g/mol. The zero-order chi connectivity index (χ0) is 77.9. The number of hydrogen-bond acceptors (Lipinski definition) is 19. The summed E-state index contributed by atoms with van der Waals surface area (Å²) >= 11 is 0. The highest BCUT2D eigenvalue weighted by Gasteiger charge is 2.11. The molecule has 19 nitrogen and oxygen atoms in total. The SMILES string of the molecule is Cc1cc(-c2ccccc2)ccn1.Cc1cc(-c2ccccc2)nc(-c2ccccc2)c1.Cc1ccc(-c2cc(-c3ccccn3)nc(-c3ccccn3)c2)cc1.Cc1ccc(-c2ccccn2)cc1.Cc1cccc(-c2ccccc2)n1.Cc1ccnnn1.Cc1cncnn1.Cc1cnnnc1.Cc1nccnn1. The second-order valence-corrected chi connectivity index (χ2v) is 24.8. The van der Waals surface area contributed by atoms with Crippen LogP contribution in [0.3, 0.4) is 0 Å². The molecule has 11 heterocycles. The van der Waals surface area contributed by atoms with Gasteiger partial charge in [0.2, 0.25) is 0 Å². The van der Waals surface area contributed by atoms with Gasteiger partial charge in [0.25, 0.3) is 0 Å². The molecule has 0 amide bonds. The lowest BCUT2D eigenvalue weighted by atomic mass is 10.0. The van der Waals surface area contributed by atoms with Crippen molar-refractivity contribution in [2.75, 3.05) is 0 Å². The minimum atomic E-state index is 0.711. The Kier molecular flexibility index (Phi) is 32.7. The third-order valence-electron chi connectivity index (χ3n) is 15.6. The number of rotatable bonds is 8. The van der Waals surface area contributed by atoms with Gasteiger partial charge in [-0.1, -0.05) is 205 Å². The fourth-order valence-corrected chi connectivity index (χ4v) is 10.1. The first-order valence-electron chi connectivity index (χ1n) is 35.7. The van der Waals surface area contributed by atoms with Crippen molar-refractivity contribution in [3.05, 3.63) is 404 Å². The smallest absolute Gasteiger partial charge is 0.147 e. The second-order valence-electron chi connectivity index (χ2n) is 24.8. The first-order valence-corrected chi connectivity index (χ1v) is 35.7. The summed E-state index contributed by atoms with van der Waals surface area (Å²) < 4.78 is 0. The second kappa shape index (κ2) is 45.0. The molecule has 0 spiro atoms. The molecular weight excluding hydrogens is 1370 g/mol. The van der Waals surface area contributed by atoms with E-state index in [0.29, 0.717) is 5.82 Å². The van der Waals surface area contributed by atoms with Crippen molar-refractivity contribution in [2.24, 2.45) is 0 Å². The Morgan fingerprint density at radius 3 is 1.09 bits per heavy atom. The fourth-order valence-electron chi connectivity index (χ4n) is 10.1. The molecule has 0 radical (unpaired) electrons. The van der Waals surface area contributed by atoms with Crippen molar-refractivity contribution < 1.29 is 0 Å². The zero-order valence-electron chi connectivity index (χ0n) is 63.5. The first kappa shape index (κ1) is 80.5. The van der Waals surface area contributed by atoms with Crippen LogP contribution in [0.25, 0.3) is 90.1 Å². The number of aryl methyl sites for hydroxylation is 9. The van der Waals surface area contributed by atoms with Gasteiger partial charge in [-0.25, -0.2) is 19.9 Å². The number of aromatic nitrogens is 19. The van der Waals surface area contributed by atoms with E-state index in [1.807, 2.05) is 199 Å². The van der Waals surface area contributed by atoms with Crippen molar-refractivity contribution in [3.63, 3.8) is 0 Å². The highest BCUT2D eigenvalue weighted by Crippen LogP contribution is 2.30. The summed E-state index contributed by atoms with van der Waals surface area (Å²) in [6, 6.07) is 96.1. The van der Waals surface area contributed by atoms with Crippen LogP contribution in [-0.4, -0.2) is 96.1 Å². The third kappa shape index (κ3) is 29.0. The van der Waals surface area contributed by atoms with Gasteiger partial charge in [0.05, 0.1) is 87.9 Å². The lowest BCUT2D eigenvalue weighted by Gasteiger charge is -2.09. The summed E-state index contributed by atoms with van der Waals surface area (Å²) in [5.74, 6) is 0.711. The molecule has 11 aromatic heterocycles. The van der Waals surface area contributed by atoms with E-state index in [4.69, 9.17) is 9.97 Å². The number of hydrogen-bond donors (Lipinski definition) is 0. The van der Waals surface area contributed by atoms with Crippen LogP contribution in [0.4, 0.5) is 0 Å². The molecule has 0 fully saturated rings. The number of nitrogens with zero attached hydrogens (tertiary/aromatic N) is 19. The van der Waals surface area contributed by atoms with Gasteiger partial charge in [-0.3, -0.25) is 24.9 Å². The van der Waals surface area contributed by atoms with Crippen LogP contribution in [0.2, 0.25) is 0 Å².